The number of carbonyl (C=O) groups excluding carboxylic acids is 1. The van der Waals surface area contributed by atoms with Crippen molar-refractivity contribution in [1.29, 1.82) is 0 Å². The highest BCUT2D eigenvalue weighted by molar-refractivity contribution is 5.74. The lowest BCUT2D eigenvalue weighted by Crippen LogP contribution is -2.48. The Kier molecular flexibility index (Phi) is 6.06. The number of aryl methyl sites for hydroxylation is 2. The van der Waals surface area contributed by atoms with Gasteiger partial charge in [0.25, 0.3) is 0 Å². The van der Waals surface area contributed by atoms with E-state index in [-0.39, 0.29) is 12.1 Å². The number of urea groups is 1. The molecule has 0 radical (unpaired) electrons. The number of amides is 2. The second kappa shape index (κ2) is 8.67. The maximum atomic E-state index is 12.1. The first-order valence-electron chi connectivity index (χ1n) is 8.99. The molecular weight excluding hydrogens is 316 g/mol. The molecule has 3 rings (SSSR count). The summed E-state index contributed by atoms with van der Waals surface area (Å²) in [7, 11) is 0. The van der Waals surface area contributed by atoms with Gasteiger partial charge in [-0.05, 0) is 24.8 Å². The van der Waals surface area contributed by atoms with Gasteiger partial charge in [0.2, 0.25) is 0 Å². The summed E-state index contributed by atoms with van der Waals surface area (Å²) in [6.45, 7) is 1.19. The van der Waals surface area contributed by atoms with Crippen LogP contribution in [0.5, 0.6) is 0 Å². The Morgan fingerprint density at radius 2 is 2.04 bits per heavy atom. The number of nitrogens with one attached hydrogen (secondary N) is 2. The van der Waals surface area contributed by atoms with Crippen LogP contribution in [-0.4, -0.2) is 32.8 Å². The van der Waals surface area contributed by atoms with Crippen molar-refractivity contribution in [3.05, 3.63) is 54.1 Å². The number of aliphatic hydroxyl groups is 1. The first kappa shape index (κ1) is 17.5. The summed E-state index contributed by atoms with van der Waals surface area (Å²) in [4.78, 5) is 16.4. The van der Waals surface area contributed by atoms with Crippen molar-refractivity contribution < 1.29 is 9.90 Å². The van der Waals surface area contributed by atoms with E-state index >= 15 is 0 Å². The fourth-order valence-electron chi connectivity index (χ4n) is 3.26. The molecule has 6 nitrogen and oxygen atoms in total. The van der Waals surface area contributed by atoms with Gasteiger partial charge in [-0.15, -0.1) is 0 Å². The molecule has 1 saturated carbocycles. The Balaban J connectivity index is 1.47. The quantitative estimate of drug-likeness (QED) is 0.753. The van der Waals surface area contributed by atoms with E-state index in [0.29, 0.717) is 6.54 Å². The van der Waals surface area contributed by atoms with Crippen LogP contribution in [-0.2, 0) is 19.5 Å². The Bertz CT molecular complexity index is 671. The Hall–Kier alpha value is -2.34. The lowest BCUT2D eigenvalue weighted by molar-refractivity contribution is 0.0943. The molecule has 2 aromatic rings. The molecular formula is C19H26N4O2. The van der Waals surface area contributed by atoms with Crippen molar-refractivity contribution in [1.82, 2.24) is 20.2 Å². The molecule has 2 amide bonds. The number of nitrogens with zero attached hydrogens (tertiary/aromatic N) is 2. The molecule has 1 fully saturated rings. The third kappa shape index (κ3) is 5.06. The molecule has 1 heterocycles. The first-order chi connectivity index (χ1) is 12.2. The number of hydrogen-bond acceptors (Lipinski definition) is 3. The molecule has 0 unspecified atom stereocenters. The van der Waals surface area contributed by atoms with Crippen LogP contribution in [0.4, 0.5) is 4.79 Å². The molecule has 2 atom stereocenters. The summed E-state index contributed by atoms with van der Waals surface area (Å²) in [5.41, 5.74) is 1.28. The Morgan fingerprint density at radius 1 is 1.24 bits per heavy atom. The molecule has 1 aliphatic carbocycles. The minimum atomic E-state index is -0.438. The third-order valence-electron chi connectivity index (χ3n) is 4.74. The van der Waals surface area contributed by atoms with E-state index < -0.39 is 6.10 Å². The number of hydrogen-bond donors (Lipinski definition) is 3. The fraction of sp³-hybridized carbons (Fsp3) is 0.474. The van der Waals surface area contributed by atoms with E-state index in [1.165, 1.54) is 5.56 Å². The molecule has 0 aliphatic heterocycles. The van der Waals surface area contributed by atoms with Gasteiger partial charge in [-0.3, -0.25) is 0 Å². The van der Waals surface area contributed by atoms with Crippen molar-refractivity contribution >= 4 is 6.03 Å². The van der Waals surface area contributed by atoms with Gasteiger partial charge in [-0.2, -0.15) is 0 Å². The number of imidazole rings is 1. The minimum absolute atomic E-state index is 0.147. The Labute approximate surface area is 148 Å². The molecule has 0 saturated heterocycles. The Morgan fingerprint density at radius 3 is 2.84 bits per heavy atom. The van der Waals surface area contributed by atoms with Crippen LogP contribution in [0.2, 0.25) is 0 Å². The molecule has 1 aliphatic rings. The van der Waals surface area contributed by atoms with Gasteiger partial charge in [0, 0.05) is 18.9 Å². The summed E-state index contributed by atoms with van der Waals surface area (Å²) < 4.78 is 2.06. The van der Waals surface area contributed by atoms with Gasteiger partial charge in [0.05, 0.1) is 18.7 Å². The first-order valence-corrected chi connectivity index (χ1v) is 8.99. The van der Waals surface area contributed by atoms with E-state index in [1.54, 1.807) is 6.20 Å². The zero-order valence-corrected chi connectivity index (χ0v) is 14.4. The fourth-order valence-corrected chi connectivity index (χ4v) is 3.26. The molecule has 3 N–H and O–H groups in total. The summed E-state index contributed by atoms with van der Waals surface area (Å²) in [6.07, 6.45) is 7.84. The lowest BCUT2D eigenvalue weighted by Gasteiger charge is -2.28. The summed E-state index contributed by atoms with van der Waals surface area (Å²) in [6, 6.07) is 9.91. The van der Waals surface area contributed by atoms with Gasteiger partial charge in [0.15, 0.2) is 0 Å². The van der Waals surface area contributed by atoms with E-state index in [0.717, 1.165) is 44.5 Å². The molecule has 0 bridgehead atoms. The van der Waals surface area contributed by atoms with Crippen LogP contribution in [0, 0.1) is 0 Å². The van der Waals surface area contributed by atoms with E-state index in [1.807, 2.05) is 24.4 Å². The van der Waals surface area contributed by atoms with E-state index in [2.05, 4.69) is 32.3 Å². The molecule has 6 heteroatoms. The van der Waals surface area contributed by atoms with Gasteiger partial charge in [-0.25, -0.2) is 9.78 Å². The van der Waals surface area contributed by atoms with Crippen molar-refractivity contribution in [2.45, 2.75) is 57.3 Å². The lowest BCUT2D eigenvalue weighted by atomic mass is 9.93. The monoisotopic (exact) mass is 342 g/mol. The van der Waals surface area contributed by atoms with Crippen LogP contribution in [0.15, 0.2) is 42.7 Å². The van der Waals surface area contributed by atoms with Gasteiger partial charge in [0.1, 0.15) is 5.82 Å². The predicted molar refractivity (Wildman–Crippen MR) is 96.0 cm³/mol. The van der Waals surface area contributed by atoms with Crippen molar-refractivity contribution in [2.75, 3.05) is 0 Å². The highest BCUT2D eigenvalue weighted by Crippen LogP contribution is 2.18. The maximum Gasteiger partial charge on any atom is 0.315 e. The average Bonchev–Trinajstić information content (AvgIpc) is 3.08. The smallest absolute Gasteiger partial charge is 0.315 e. The number of aromatic nitrogens is 2. The van der Waals surface area contributed by atoms with Crippen LogP contribution in [0.3, 0.4) is 0 Å². The standard InChI is InChI=1S/C19H26N4O2/c24-17-9-5-4-8-16(17)22-19(25)21-14-18-20-11-13-23(18)12-10-15-6-2-1-3-7-15/h1-3,6-7,11,13,16-17,24H,4-5,8-10,12,14H2,(H2,21,22,25)/t16-,17-/m0/s1. The maximum absolute atomic E-state index is 12.1. The van der Waals surface area contributed by atoms with Gasteiger partial charge in [-0.1, -0.05) is 43.2 Å². The van der Waals surface area contributed by atoms with Crippen LogP contribution < -0.4 is 10.6 Å². The zero-order chi connectivity index (χ0) is 17.5. The SMILES string of the molecule is O=C(NCc1nccn1CCc1ccccc1)N[C@H]1CCCC[C@@H]1O. The van der Waals surface area contributed by atoms with Crippen LogP contribution in [0.25, 0.3) is 0 Å². The molecule has 1 aromatic heterocycles. The third-order valence-corrected chi connectivity index (χ3v) is 4.74. The van der Waals surface area contributed by atoms with Crippen molar-refractivity contribution in [3.8, 4) is 0 Å². The number of aliphatic hydroxyl groups excluding tert-OH is 1. The van der Waals surface area contributed by atoms with Gasteiger partial charge < -0.3 is 20.3 Å². The topological polar surface area (TPSA) is 79.2 Å². The molecule has 0 spiro atoms. The zero-order valence-electron chi connectivity index (χ0n) is 14.4. The van der Waals surface area contributed by atoms with Crippen molar-refractivity contribution in [2.24, 2.45) is 0 Å². The number of benzene rings is 1. The summed E-state index contributed by atoms with van der Waals surface area (Å²) in [5, 5.41) is 15.7. The minimum Gasteiger partial charge on any atom is -0.391 e. The second-order valence-electron chi connectivity index (χ2n) is 6.56. The molecule has 1 aromatic carbocycles. The highest BCUT2D eigenvalue weighted by atomic mass is 16.3. The number of carbonyl (C=O) groups is 1. The van der Waals surface area contributed by atoms with Crippen molar-refractivity contribution in [3.63, 3.8) is 0 Å². The molecule has 134 valence electrons. The van der Waals surface area contributed by atoms with E-state index in [9.17, 15) is 9.90 Å². The second-order valence-corrected chi connectivity index (χ2v) is 6.56. The highest BCUT2D eigenvalue weighted by Gasteiger charge is 2.24. The van der Waals surface area contributed by atoms with Crippen LogP contribution >= 0.6 is 0 Å². The normalized spacial score (nSPS) is 20.2. The predicted octanol–water partition coefficient (Wildman–Crippen LogP) is 2.23. The summed E-state index contributed by atoms with van der Waals surface area (Å²) >= 11 is 0. The largest absolute Gasteiger partial charge is 0.391 e. The number of rotatable bonds is 6. The van der Waals surface area contributed by atoms with E-state index in [4.69, 9.17) is 0 Å². The molecule has 25 heavy (non-hydrogen) atoms. The van der Waals surface area contributed by atoms with Gasteiger partial charge >= 0.3 is 6.03 Å². The summed E-state index contributed by atoms with van der Waals surface area (Å²) in [5.74, 6) is 0.829. The average molecular weight is 342 g/mol. The van der Waals surface area contributed by atoms with Crippen LogP contribution in [0.1, 0.15) is 37.1 Å².